The first-order valence-corrected chi connectivity index (χ1v) is 8.50. The number of nitrogens with zero attached hydrogens (tertiary/aromatic N) is 1. The SMILES string of the molecule is CC(C)c1cncc(NC(=O)c2ccc(C(=O)c3ccccc3)cc2)c1. The number of aromatic nitrogens is 1. The van der Waals surface area contributed by atoms with E-state index < -0.39 is 0 Å². The average molecular weight is 344 g/mol. The maximum absolute atomic E-state index is 12.4. The van der Waals surface area contributed by atoms with Crippen LogP contribution in [0.5, 0.6) is 0 Å². The maximum Gasteiger partial charge on any atom is 0.255 e. The molecule has 0 radical (unpaired) electrons. The molecule has 3 aromatic rings. The average Bonchev–Trinajstić information content (AvgIpc) is 2.68. The Hall–Kier alpha value is -3.27. The van der Waals surface area contributed by atoms with Crippen molar-refractivity contribution in [3.8, 4) is 0 Å². The van der Waals surface area contributed by atoms with Crippen LogP contribution in [-0.2, 0) is 0 Å². The first-order valence-electron chi connectivity index (χ1n) is 8.50. The molecule has 0 saturated carbocycles. The molecule has 0 aliphatic carbocycles. The van der Waals surface area contributed by atoms with Gasteiger partial charge in [0.1, 0.15) is 0 Å². The lowest BCUT2D eigenvalue weighted by molar-refractivity contribution is 0.102. The highest BCUT2D eigenvalue weighted by Crippen LogP contribution is 2.18. The molecule has 0 fully saturated rings. The number of amides is 1. The third-order valence-corrected chi connectivity index (χ3v) is 4.13. The summed E-state index contributed by atoms with van der Waals surface area (Å²) < 4.78 is 0. The third-order valence-electron chi connectivity index (χ3n) is 4.13. The molecule has 3 rings (SSSR count). The van der Waals surface area contributed by atoms with E-state index in [-0.39, 0.29) is 11.7 Å². The Morgan fingerprint density at radius 2 is 1.46 bits per heavy atom. The summed E-state index contributed by atoms with van der Waals surface area (Å²) in [5.74, 6) is 0.0421. The van der Waals surface area contributed by atoms with E-state index in [1.807, 2.05) is 24.3 Å². The Bertz CT molecular complexity index is 916. The van der Waals surface area contributed by atoms with Gasteiger partial charge in [-0.3, -0.25) is 14.6 Å². The summed E-state index contributed by atoms with van der Waals surface area (Å²) in [7, 11) is 0. The van der Waals surface area contributed by atoms with E-state index in [4.69, 9.17) is 0 Å². The molecule has 0 aliphatic heterocycles. The van der Waals surface area contributed by atoms with E-state index in [2.05, 4.69) is 24.1 Å². The largest absolute Gasteiger partial charge is 0.321 e. The summed E-state index contributed by atoms with van der Waals surface area (Å²) in [5.41, 5.74) is 3.39. The maximum atomic E-state index is 12.4. The second-order valence-corrected chi connectivity index (χ2v) is 6.39. The van der Waals surface area contributed by atoms with Gasteiger partial charge in [0, 0.05) is 22.9 Å². The number of rotatable bonds is 5. The van der Waals surface area contributed by atoms with Gasteiger partial charge in [-0.05, 0) is 29.7 Å². The van der Waals surface area contributed by atoms with E-state index in [9.17, 15) is 9.59 Å². The van der Waals surface area contributed by atoms with E-state index in [0.29, 0.717) is 28.3 Å². The molecule has 0 unspecified atom stereocenters. The molecule has 1 aromatic heterocycles. The second kappa shape index (κ2) is 7.74. The Balaban J connectivity index is 1.73. The normalized spacial score (nSPS) is 10.6. The second-order valence-electron chi connectivity index (χ2n) is 6.39. The van der Waals surface area contributed by atoms with Gasteiger partial charge in [0.25, 0.3) is 5.91 Å². The zero-order chi connectivity index (χ0) is 18.5. The lowest BCUT2D eigenvalue weighted by atomic mass is 10.0. The van der Waals surface area contributed by atoms with Crippen molar-refractivity contribution < 1.29 is 9.59 Å². The lowest BCUT2D eigenvalue weighted by Gasteiger charge is -2.09. The molecule has 2 aromatic carbocycles. The van der Waals surface area contributed by atoms with Crippen molar-refractivity contribution in [1.29, 1.82) is 0 Å². The minimum atomic E-state index is -0.230. The highest BCUT2D eigenvalue weighted by molar-refractivity contribution is 6.10. The number of benzene rings is 2. The number of ketones is 1. The number of pyridine rings is 1. The van der Waals surface area contributed by atoms with Crippen LogP contribution in [0.15, 0.2) is 73.1 Å². The Morgan fingerprint density at radius 1 is 0.846 bits per heavy atom. The van der Waals surface area contributed by atoms with E-state index in [0.717, 1.165) is 5.56 Å². The van der Waals surface area contributed by atoms with E-state index in [1.165, 1.54) is 0 Å². The fourth-order valence-electron chi connectivity index (χ4n) is 2.57. The molecule has 1 heterocycles. The number of nitrogens with one attached hydrogen (secondary N) is 1. The molecule has 0 aliphatic rings. The highest BCUT2D eigenvalue weighted by atomic mass is 16.1. The van der Waals surface area contributed by atoms with Gasteiger partial charge in [-0.1, -0.05) is 56.3 Å². The number of hydrogen-bond donors (Lipinski definition) is 1. The number of carbonyl (C=O) groups is 2. The van der Waals surface area contributed by atoms with Gasteiger partial charge in [-0.15, -0.1) is 0 Å². The van der Waals surface area contributed by atoms with Crippen molar-refractivity contribution in [2.45, 2.75) is 19.8 Å². The molecule has 0 atom stereocenters. The highest BCUT2D eigenvalue weighted by Gasteiger charge is 2.11. The molecule has 0 bridgehead atoms. The zero-order valence-electron chi connectivity index (χ0n) is 14.8. The van der Waals surface area contributed by atoms with Crippen molar-refractivity contribution >= 4 is 17.4 Å². The summed E-state index contributed by atoms with van der Waals surface area (Å²) in [5, 5.41) is 2.85. The molecule has 4 heteroatoms. The van der Waals surface area contributed by atoms with Crippen LogP contribution in [0.25, 0.3) is 0 Å². The van der Waals surface area contributed by atoms with Crippen LogP contribution in [0.2, 0.25) is 0 Å². The van der Waals surface area contributed by atoms with Crippen molar-refractivity contribution in [3.63, 3.8) is 0 Å². The van der Waals surface area contributed by atoms with Gasteiger partial charge < -0.3 is 5.32 Å². The molecule has 0 spiro atoms. The van der Waals surface area contributed by atoms with Gasteiger partial charge in [0.2, 0.25) is 0 Å². The molecule has 26 heavy (non-hydrogen) atoms. The van der Waals surface area contributed by atoms with Crippen LogP contribution < -0.4 is 5.32 Å². The molecular formula is C22H20N2O2. The van der Waals surface area contributed by atoms with Crippen molar-refractivity contribution in [3.05, 3.63) is 95.3 Å². The molecule has 130 valence electrons. The summed E-state index contributed by atoms with van der Waals surface area (Å²) in [4.78, 5) is 29.0. The monoisotopic (exact) mass is 344 g/mol. The number of hydrogen-bond acceptors (Lipinski definition) is 3. The van der Waals surface area contributed by atoms with Crippen LogP contribution >= 0.6 is 0 Å². The van der Waals surface area contributed by atoms with Crippen LogP contribution in [0.4, 0.5) is 5.69 Å². The van der Waals surface area contributed by atoms with Crippen LogP contribution in [-0.4, -0.2) is 16.7 Å². The predicted molar refractivity (Wildman–Crippen MR) is 103 cm³/mol. The van der Waals surface area contributed by atoms with Crippen LogP contribution in [0.3, 0.4) is 0 Å². The zero-order valence-corrected chi connectivity index (χ0v) is 14.8. The molecule has 1 amide bonds. The first kappa shape index (κ1) is 17.5. The fraction of sp³-hybridized carbons (Fsp3) is 0.136. The van der Waals surface area contributed by atoms with Crippen molar-refractivity contribution in [2.24, 2.45) is 0 Å². The van der Waals surface area contributed by atoms with Gasteiger partial charge in [-0.25, -0.2) is 0 Å². The minimum Gasteiger partial charge on any atom is -0.321 e. The van der Waals surface area contributed by atoms with E-state index >= 15 is 0 Å². The molecule has 1 N–H and O–H groups in total. The van der Waals surface area contributed by atoms with Gasteiger partial charge in [0.05, 0.1) is 11.9 Å². The van der Waals surface area contributed by atoms with Gasteiger partial charge in [-0.2, -0.15) is 0 Å². The standard InChI is InChI=1S/C22H20N2O2/c1-15(2)19-12-20(14-23-13-19)24-22(26)18-10-8-17(9-11-18)21(25)16-6-4-3-5-7-16/h3-15H,1-2H3,(H,24,26). The van der Waals surface area contributed by atoms with Crippen molar-refractivity contribution in [2.75, 3.05) is 5.32 Å². The summed E-state index contributed by atoms with van der Waals surface area (Å²) in [6, 6.07) is 17.7. The van der Waals surface area contributed by atoms with Crippen LogP contribution in [0, 0.1) is 0 Å². The molecule has 4 nitrogen and oxygen atoms in total. The predicted octanol–water partition coefficient (Wildman–Crippen LogP) is 4.69. The van der Waals surface area contributed by atoms with Gasteiger partial charge >= 0.3 is 0 Å². The van der Waals surface area contributed by atoms with Crippen LogP contribution in [0.1, 0.15) is 51.6 Å². The van der Waals surface area contributed by atoms with Crippen molar-refractivity contribution in [1.82, 2.24) is 4.98 Å². The fourth-order valence-corrected chi connectivity index (χ4v) is 2.57. The van der Waals surface area contributed by atoms with E-state index in [1.54, 1.807) is 48.8 Å². The number of anilines is 1. The Morgan fingerprint density at radius 3 is 2.12 bits per heavy atom. The molecular weight excluding hydrogens is 324 g/mol. The quantitative estimate of drug-likeness (QED) is 0.683. The number of carbonyl (C=O) groups excluding carboxylic acids is 2. The first-order chi connectivity index (χ1) is 12.5. The third kappa shape index (κ3) is 4.03. The Kier molecular flexibility index (Phi) is 5.23. The molecule has 0 saturated heterocycles. The summed E-state index contributed by atoms with van der Waals surface area (Å²) in [6.45, 7) is 4.15. The summed E-state index contributed by atoms with van der Waals surface area (Å²) in [6.07, 6.45) is 3.42. The smallest absolute Gasteiger partial charge is 0.255 e. The summed E-state index contributed by atoms with van der Waals surface area (Å²) >= 11 is 0. The minimum absolute atomic E-state index is 0.0635. The Labute approximate surface area is 152 Å². The lowest BCUT2D eigenvalue weighted by Crippen LogP contribution is -2.12. The topological polar surface area (TPSA) is 59.1 Å². The van der Waals surface area contributed by atoms with Gasteiger partial charge in [0.15, 0.2) is 5.78 Å².